The molecule has 0 saturated heterocycles. The summed E-state index contributed by atoms with van der Waals surface area (Å²) in [5.41, 5.74) is 3.86. The predicted octanol–water partition coefficient (Wildman–Crippen LogP) is 6.64. The molecule has 2 aromatic heterocycles. The maximum Gasteiger partial charge on any atom is 0.325 e. The van der Waals surface area contributed by atoms with Crippen molar-refractivity contribution in [2.24, 2.45) is 0 Å². The van der Waals surface area contributed by atoms with Gasteiger partial charge in [0.05, 0.1) is 24.6 Å². The number of nitrogens with zero attached hydrogens (tertiary/aromatic N) is 2. The molecule has 0 radical (unpaired) electrons. The number of furan rings is 1. The number of thiazole rings is 1. The third kappa shape index (κ3) is 5.01. The van der Waals surface area contributed by atoms with Gasteiger partial charge in [-0.15, -0.1) is 11.3 Å². The van der Waals surface area contributed by atoms with Crippen LogP contribution in [0.4, 0.5) is 27.2 Å². The number of methoxy groups -OCH3 is 1. The second-order valence-corrected chi connectivity index (χ2v) is 10.5. The lowest BCUT2D eigenvalue weighted by Crippen LogP contribution is -2.42. The second kappa shape index (κ2) is 9.62. The lowest BCUT2D eigenvalue weighted by atomic mass is 9.93. The summed E-state index contributed by atoms with van der Waals surface area (Å²) in [6.45, 7) is 6.24. The van der Waals surface area contributed by atoms with Crippen LogP contribution in [0.3, 0.4) is 0 Å². The minimum Gasteiger partial charge on any atom is -0.497 e. The van der Waals surface area contributed by atoms with Gasteiger partial charge < -0.3 is 24.7 Å². The average Bonchev–Trinajstić information content (AvgIpc) is 3.55. The lowest BCUT2D eigenvalue weighted by molar-refractivity contribution is 0.262. The molecule has 0 spiro atoms. The quantitative estimate of drug-likeness (QED) is 0.236. The Hall–Kier alpha value is -4.31. The molecule has 0 bridgehead atoms. The fraction of sp³-hybridized carbons (Fsp3) is 0.222. The van der Waals surface area contributed by atoms with E-state index in [1.807, 2.05) is 46.7 Å². The molecule has 0 saturated carbocycles. The third-order valence-electron chi connectivity index (χ3n) is 6.02. The van der Waals surface area contributed by atoms with E-state index in [0.717, 1.165) is 22.7 Å². The first kappa shape index (κ1) is 24.4. The largest absolute Gasteiger partial charge is 0.497 e. The molecule has 10 heteroatoms. The minimum atomic E-state index is -0.374. The molecule has 9 nitrogen and oxygen atoms in total. The maximum atomic E-state index is 12.5. The number of fused-ring (bicyclic) bond motifs is 1. The van der Waals surface area contributed by atoms with E-state index in [1.54, 1.807) is 31.6 Å². The van der Waals surface area contributed by atoms with Crippen LogP contribution in [-0.4, -0.2) is 24.0 Å². The Morgan fingerprint density at radius 1 is 1.11 bits per heavy atom. The predicted molar refractivity (Wildman–Crippen MR) is 147 cm³/mol. The number of rotatable bonds is 5. The molecule has 37 heavy (non-hydrogen) atoms. The van der Waals surface area contributed by atoms with E-state index >= 15 is 0 Å². The monoisotopic (exact) mass is 516 g/mol. The van der Waals surface area contributed by atoms with Gasteiger partial charge in [-0.3, -0.25) is 10.7 Å². The fourth-order valence-electron chi connectivity index (χ4n) is 3.99. The summed E-state index contributed by atoms with van der Waals surface area (Å²) in [6.07, 6.45) is 1.19. The molecule has 2 aromatic carbocycles. The first-order valence-electron chi connectivity index (χ1n) is 11.7. The normalized spacial score (nSPS) is 15.1. The van der Waals surface area contributed by atoms with Crippen LogP contribution in [0.15, 0.2) is 70.7 Å². The molecule has 190 valence electrons. The van der Waals surface area contributed by atoms with Gasteiger partial charge in [0, 0.05) is 22.2 Å². The van der Waals surface area contributed by atoms with Crippen molar-refractivity contribution in [2.45, 2.75) is 32.4 Å². The molecule has 4 N–H and O–H groups in total. The highest BCUT2D eigenvalue weighted by Crippen LogP contribution is 2.38. The first-order chi connectivity index (χ1) is 17.7. The van der Waals surface area contributed by atoms with Crippen LogP contribution >= 0.6 is 11.3 Å². The fourth-order valence-corrected chi connectivity index (χ4v) is 4.92. The number of anilines is 4. The Morgan fingerprint density at radius 3 is 2.49 bits per heavy atom. The van der Waals surface area contributed by atoms with Crippen LogP contribution in [0.1, 0.15) is 43.8 Å². The van der Waals surface area contributed by atoms with Crippen molar-refractivity contribution in [3.05, 3.63) is 83.1 Å². The van der Waals surface area contributed by atoms with Crippen molar-refractivity contribution in [1.82, 2.24) is 4.98 Å². The highest BCUT2D eigenvalue weighted by Gasteiger charge is 2.33. The Morgan fingerprint density at radius 2 is 1.84 bits per heavy atom. The molecule has 3 heterocycles. The first-order valence-corrected chi connectivity index (χ1v) is 12.6. The van der Waals surface area contributed by atoms with Gasteiger partial charge in [0.2, 0.25) is 5.88 Å². The van der Waals surface area contributed by atoms with Crippen LogP contribution in [0, 0.1) is 5.41 Å². The molecule has 1 aliphatic rings. The van der Waals surface area contributed by atoms with Crippen LogP contribution in [-0.2, 0) is 5.41 Å². The average molecular weight is 517 g/mol. The number of nitrogens with one attached hydrogen (secondary N) is 4. The number of urea groups is 1. The van der Waals surface area contributed by atoms with Crippen LogP contribution in [0.25, 0.3) is 0 Å². The number of hydrogen-bond acceptors (Lipinski definition) is 7. The zero-order valence-electron chi connectivity index (χ0n) is 21.0. The van der Waals surface area contributed by atoms with Gasteiger partial charge in [-0.1, -0.05) is 32.9 Å². The van der Waals surface area contributed by atoms with E-state index in [2.05, 4.69) is 41.7 Å². The SMILES string of the molecule is COc1ccc(C2Nc3occc3C(=N)N2c2ccc(NC(=O)Nc3nc(C(C)(C)C)cs3)cc2)cc1. The molecule has 0 aliphatic carbocycles. The highest BCUT2D eigenvalue weighted by atomic mass is 32.1. The molecule has 1 aliphatic heterocycles. The summed E-state index contributed by atoms with van der Waals surface area (Å²) in [5, 5.41) is 20.4. The summed E-state index contributed by atoms with van der Waals surface area (Å²) < 4.78 is 10.9. The van der Waals surface area contributed by atoms with Crippen LogP contribution < -0.4 is 25.6 Å². The third-order valence-corrected chi connectivity index (χ3v) is 6.77. The molecule has 5 rings (SSSR count). The Balaban J connectivity index is 1.34. The number of aromatic nitrogens is 1. The second-order valence-electron chi connectivity index (χ2n) is 9.62. The standard InChI is InChI=1S/C27H28N6O3S/c1-27(2,3)21-15-37-26(30-21)32-25(34)29-17-7-9-18(10-8-17)33-22(28)20-13-14-36-24(20)31-23(33)16-5-11-19(35-4)12-6-16/h5-15,23,28,31H,1-4H3,(H2,29,30,32,34). The molecule has 4 aromatic rings. The molecular formula is C27H28N6O3S. The highest BCUT2D eigenvalue weighted by molar-refractivity contribution is 7.14. The van der Waals surface area contributed by atoms with Gasteiger partial charge in [-0.2, -0.15) is 0 Å². The van der Waals surface area contributed by atoms with Crippen molar-refractivity contribution in [3.8, 4) is 5.75 Å². The Labute approximate surface area is 219 Å². The number of carbonyl (C=O) groups is 1. The molecule has 1 unspecified atom stereocenters. The molecule has 2 amide bonds. The smallest absolute Gasteiger partial charge is 0.325 e. The topological polar surface area (TPSA) is 116 Å². The van der Waals surface area contributed by atoms with E-state index in [0.29, 0.717) is 28.1 Å². The van der Waals surface area contributed by atoms with Crippen LogP contribution in [0.5, 0.6) is 5.75 Å². The van der Waals surface area contributed by atoms with E-state index in [1.165, 1.54) is 11.3 Å². The molecule has 1 atom stereocenters. The van der Waals surface area contributed by atoms with Crippen molar-refractivity contribution < 1.29 is 13.9 Å². The van der Waals surface area contributed by atoms with Gasteiger partial charge in [0.25, 0.3) is 0 Å². The van der Waals surface area contributed by atoms with Crippen molar-refractivity contribution in [2.75, 3.05) is 28.0 Å². The van der Waals surface area contributed by atoms with E-state index in [9.17, 15) is 4.79 Å². The summed E-state index contributed by atoms with van der Waals surface area (Å²) in [5.74, 6) is 1.61. The summed E-state index contributed by atoms with van der Waals surface area (Å²) >= 11 is 1.40. The Bertz CT molecular complexity index is 1420. The van der Waals surface area contributed by atoms with Crippen LogP contribution in [0.2, 0.25) is 0 Å². The van der Waals surface area contributed by atoms with Crippen molar-refractivity contribution >= 4 is 45.6 Å². The van der Waals surface area contributed by atoms with E-state index in [-0.39, 0.29) is 17.6 Å². The van der Waals surface area contributed by atoms with E-state index < -0.39 is 0 Å². The van der Waals surface area contributed by atoms with Gasteiger partial charge in [0.1, 0.15) is 17.8 Å². The zero-order chi connectivity index (χ0) is 26.2. The number of ether oxygens (including phenoxy) is 1. The number of hydrogen-bond donors (Lipinski definition) is 4. The molecular weight excluding hydrogens is 488 g/mol. The number of amidine groups is 1. The Kier molecular flexibility index (Phi) is 6.34. The molecule has 0 fully saturated rings. The van der Waals surface area contributed by atoms with Crippen molar-refractivity contribution in [1.29, 1.82) is 5.41 Å². The minimum absolute atomic E-state index is 0.0827. The summed E-state index contributed by atoms with van der Waals surface area (Å²) in [7, 11) is 1.63. The van der Waals surface area contributed by atoms with Crippen molar-refractivity contribution in [3.63, 3.8) is 0 Å². The number of benzene rings is 2. The van der Waals surface area contributed by atoms with Gasteiger partial charge >= 0.3 is 6.03 Å². The van der Waals surface area contributed by atoms with Gasteiger partial charge in [-0.25, -0.2) is 9.78 Å². The summed E-state index contributed by atoms with van der Waals surface area (Å²) in [6, 6.07) is 16.4. The number of carbonyl (C=O) groups excluding carboxylic acids is 1. The zero-order valence-corrected chi connectivity index (χ0v) is 21.8. The lowest BCUT2D eigenvalue weighted by Gasteiger charge is -2.38. The maximum absolute atomic E-state index is 12.5. The van der Waals surface area contributed by atoms with Gasteiger partial charge in [-0.05, 0) is 48.0 Å². The summed E-state index contributed by atoms with van der Waals surface area (Å²) in [4.78, 5) is 18.9. The van der Waals surface area contributed by atoms with Gasteiger partial charge in [0.15, 0.2) is 5.13 Å². The number of amides is 2. The van der Waals surface area contributed by atoms with E-state index in [4.69, 9.17) is 14.6 Å².